The molecule has 0 radical (unpaired) electrons. The van der Waals surface area contributed by atoms with Crippen molar-refractivity contribution in [3.05, 3.63) is 41.8 Å². The molecule has 0 unspecified atom stereocenters. The van der Waals surface area contributed by atoms with Crippen LogP contribution in [-0.4, -0.2) is 13.7 Å². The number of benzene rings is 1. The van der Waals surface area contributed by atoms with E-state index in [1.807, 2.05) is 0 Å². The molecule has 0 aliphatic rings. The molecule has 0 aliphatic carbocycles. The van der Waals surface area contributed by atoms with Crippen molar-refractivity contribution in [2.24, 2.45) is 0 Å². The van der Waals surface area contributed by atoms with E-state index in [9.17, 15) is 8.42 Å². The van der Waals surface area contributed by atoms with Crippen LogP contribution in [0.3, 0.4) is 0 Å². The average Bonchev–Trinajstić information content (AvgIpc) is 2.16. The fourth-order valence-electron chi connectivity index (χ4n) is 0.852. The summed E-state index contributed by atoms with van der Waals surface area (Å²) in [5, 5.41) is 1.75. The van der Waals surface area contributed by atoms with Crippen molar-refractivity contribution in [3.63, 3.8) is 0 Å². The highest BCUT2D eigenvalue weighted by Gasteiger charge is 2.07. The molecule has 0 spiro atoms. The quantitative estimate of drug-likeness (QED) is 0.783. The SMILES string of the molecule is O=S(=O)(/C=C/CBr)c1ccccc1. The third-order valence-corrected chi connectivity index (χ3v) is 3.29. The van der Waals surface area contributed by atoms with Crippen LogP contribution in [0.4, 0.5) is 0 Å². The van der Waals surface area contributed by atoms with Gasteiger partial charge >= 0.3 is 0 Å². The summed E-state index contributed by atoms with van der Waals surface area (Å²) in [6.45, 7) is 0. The molecule has 0 saturated carbocycles. The summed E-state index contributed by atoms with van der Waals surface area (Å²) < 4.78 is 23.0. The molecule has 1 rings (SSSR count). The Morgan fingerprint density at radius 1 is 1.23 bits per heavy atom. The first-order valence-corrected chi connectivity index (χ1v) is 6.36. The number of hydrogen-bond donors (Lipinski definition) is 0. The van der Waals surface area contributed by atoms with Crippen LogP contribution in [0.5, 0.6) is 0 Å². The van der Waals surface area contributed by atoms with E-state index in [2.05, 4.69) is 15.9 Å². The molecule has 2 nitrogen and oxygen atoms in total. The van der Waals surface area contributed by atoms with Crippen LogP contribution in [-0.2, 0) is 9.84 Å². The molecule has 4 heteroatoms. The fourth-order valence-corrected chi connectivity index (χ4v) is 2.33. The van der Waals surface area contributed by atoms with Gasteiger partial charge in [-0.2, -0.15) is 0 Å². The van der Waals surface area contributed by atoms with Crippen LogP contribution in [0.25, 0.3) is 0 Å². The van der Waals surface area contributed by atoms with E-state index in [1.165, 1.54) is 5.41 Å². The summed E-state index contributed by atoms with van der Waals surface area (Å²) in [7, 11) is -3.23. The second kappa shape index (κ2) is 4.58. The molecular weight excluding hydrogens is 252 g/mol. The molecule has 1 aromatic rings. The largest absolute Gasteiger partial charge is 0.219 e. The first kappa shape index (κ1) is 10.5. The van der Waals surface area contributed by atoms with Gasteiger partial charge in [-0.15, -0.1) is 0 Å². The van der Waals surface area contributed by atoms with Crippen LogP contribution in [0.2, 0.25) is 0 Å². The van der Waals surface area contributed by atoms with Gasteiger partial charge < -0.3 is 0 Å². The summed E-state index contributed by atoms with van der Waals surface area (Å²) in [4.78, 5) is 0.326. The van der Waals surface area contributed by atoms with E-state index >= 15 is 0 Å². The van der Waals surface area contributed by atoms with Crippen molar-refractivity contribution in [2.45, 2.75) is 4.90 Å². The first-order chi connectivity index (χ1) is 6.17. The van der Waals surface area contributed by atoms with Crippen molar-refractivity contribution in [2.75, 3.05) is 5.33 Å². The van der Waals surface area contributed by atoms with Crippen molar-refractivity contribution < 1.29 is 8.42 Å². The predicted octanol–water partition coefficient (Wildman–Crippen LogP) is 2.37. The highest BCUT2D eigenvalue weighted by atomic mass is 79.9. The summed E-state index contributed by atoms with van der Waals surface area (Å²) in [5.41, 5.74) is 0. The Labute approximate surface area is 86.3 Å². The van der Waals surface area contributed by atoms with Crippen molar-refractivity contribution in [1.29, 1.82) is 0 Å². The Balaban J connectivity index is 3.02. The maximum Gasteiger partial charge on any atom is 0.199 e. The van der Waals surface area contributed by atoms with Gasteiger partial charge in [-0.1, -0.05) is 40.2 Å². The van der Waals surface area contributed by atoms with Crippen LogP contribution in [0.1, 0.15) is 0 Å². The van der Waals surface area contributed by atoms with Crippen molar-refractivity contribution in [1.82, 2.24) is 0 Å². The standard InChI is InChI=1S/C9H9BrO2S/c10-7-4-8-13(11,12)9-5-2-1-3-6-9/h1-6,8H,7H2/b8-4+. The third kappa shape index (κ3) is 2.97. The zero-order chi connectivity index (χ0) is 9.73. The average molecular weight is 261 g/mol. The summed E-state index contributed by atoms with van der Waals surface area (Å²) in [6.07, 6.45) is 1.56. The molecule has 0 aromatic heterocycles. The van der Waals surface area contributed by atoms with E-state index in [4.69, 9.17) is 0 Å². The fraction of sp³-hybridized carbons (Fsp3) is 0.111. The molecule has 0 amide bonds. The van der Waals surface area contributed by atoms with Gasteiger partial charge in [0.1, 0.15) is 0 Å². The molecule has 1 aromatic carbocycles. The van der Waals surface area contributed by atoms with Gasteiger partial charge in [0.2, 0.25) is 0 Å². The lowest BCUT2D eigenvalue weighted by atomic mass is 10.4. The van der Waals surface area contributed by atoms with Gasteiger partial charge in [0.25, 0.3) is 0 Å². The topological polar surface area (TPSA) is 34.1 Å². The summed E-state index contributed by atoms with van der Waals surface area (Å²) in [6, 6.07) is 8.35. The Kier molecular flexibility index (Phi) is 3.69. The lowest BCUT2D eigenvalue weighted by molar-refractivity contribution is 0.604. The van der Waals surface area contributed by atoms with E-state index in [-0.39, 0.29) is 0 Å². The Hall–Kier alpha value is -0.610. The van der Waals surface area contributed by atoms with E-state index in [0.717, 1.165) is 0 Å². The number of hydrogen-bond acceptors (Lipinski definition) is 2. The molecule has 0 bridgehead atoms. The van der Waals surface area contributed by atoms with Gasteiger partial charge in [-0.3, -0.25) is 0 Å². The first-order valence-electron chi connectivity index (χ1n) is 3.69. The molecule has 0 heterocycles. The minimum atomic E-state index is -3.23. The Morgan fingerprint density at radius 2 is 1.85 bits per heavy atom. The van der Waals surface area contributed by atoms with Crippen LogP contribution < -0.4 is 0 Å². The van der Waals surface area contributed by atoms with Gasteiger partial charge in [-0.05, 0) is 12.1 Å². The maximum atomic E-state index is 11.5. The van der Waals surface area contributed by atoms with Crippen molar-refractivity contribution in [3.8, 4) is 0 Å². The monoisotopic (exact) mass is 260 g/mol. The zero-order valence-corrected chi connectivity index (χ0v) is 9.25. The molecule has 0 fully saturated rings. The molecule has 0 N–H and O–H groups in total. The van der Waals surface area contributed by atoms with Crippen molar-refractivity contribution >= 4 is 25.8 Å². The number of allylic oxidation sites excluding steroid dienone is 1. The highest BCUT2D eigenvalue weighted by molar-refractivity contribution is 9.09. The van der Waals surface area contributed by atoms with Crippen LogP contribution in [0.15, 0.2) is 46.7 Å². The zero-order valence-electron chi connectivity index (χ0n) is 6.85. The Bertz CT molecular complexity index is 381. The second-order valence-corrected chi connectivity index (χ2v) is 4.87. The predicted molar refractivity (Wildman–Crippen MR) is 56.6 cm³/mol. The number of halogens is 1. The molecule has 13 heavy (non-hydrogen) atoms. The molecule has 0 atom stereocenters. The van der Waals surface area contributed by atoms with E-state index in [1.54, 1.807) is 36.4 Å². The minimum absolute atomic E-state index is 0.326. The lowest BCUT2D eigenvalue weighted by Gasteiger charge is -1.96. The van der Waals surface area contributed by atoms with Crippen LogP contribution >= 0.6 is 15.9 Å². The molecular formula is C9H9BrO2S. The summed E-state index contributed by atoms with van der Waals surface area (Å²) in [5.74, 6) is 0. The van der Waals surface area contributed by atoms with E-state index in [0.29, 0.717) is 10.2 Å². The Morgan fingerprint density at radius 3 is 2.38 bits per heavy atom. The van der Waals surface area contributed by atoms with Crippen LogP contribution in [0, 0.1) is 0 Å². The normalized spacial score (nSPS) is 12.1. The second-order valence-electron chi connectivity index (χ2n) is 2.38. The number of alkyl halides is 1. The highest BCUT2D eigenvalue weighted by Crippen LogP contribution is 2.10. The molecule has 70 valence electrons. The lowest BCUT2D eigenvalue weighted by Crippen LogP contribution is -1.95. The summed E-state index contributed by atoms with van der Waals surface area (Å²) >= 11 is 3.12. The molecule has 0 aliphatic heterocycles. The smallest absolute Gasteiger partial charge is 0.199 e. The number of rotatable bonds is 3. The van der Waals surface area contributed by atoms with E-state index < -0.39 is 9.84 Å². The van der Waals surface area contributed by atoms with Gasteiger partial charge in [0, 0.05) is 10.7 Å². The van der Waals surface area contributed by atoms with Gasteiger partial charge in [-0.25, -0.2) is 8.42 Å². The minimum Gasteiger partial charge on any atom is -0.219 e. The number of sulfone groups is 1. The van der Waals surface area contributed by atoms with Gasteiger partial charge in [0.05, 0.1) is 4.90 Å². The third-order valence-electron chi connectivity index (χ3n) is 1.44. The van der Waals surface area contributed by atoms with Gasteiger partial charge in [0.15, 0.2) is 9.84 Å². The maximum absolute atomic E-state index is 11.5. The molecule has 0 saturated heterocycles.